The first-order chi connectivity index (χ1) is 7.02. The summed E-state index contributed by atoms with van der Waals surface area (Å²) in [4.78, 5) is 22.3. The van der Waals surface area contributed by atoms with Crippen LogP contribution in [-0.4, -0.2) is 38.2 Å². The number of methoxy groups -OCH3 is 1. The molecule has 0 amide bonds. The molecule has 0 aromatic heterocycles. The second-order valence-corrected chi connectivity index (χ2v) is 3.43. The fraction of sp³-hybridized carbons (Fsp3) is 0.800. The maximum Gasteiger partial charge on any atom is 0.323 e. The zero-order valence-corrected chi connectivity index (χ0v) is 9.70. The average Bonchev–Trinajstić information content (AvgIpc) is 2.17. The summed E-state index contributed by atoms with van der Waals surface area (Å²) in [5, 5.41) is 2.81. The minimum atomic E-state index is -0.473. The number of nitrogens with one attached hydrogen (secondary N) is 1. The quantitative estimate of drug-likeness (QED) is 0.650. The van der Waals surface area contributed by atoms with Crippen LogP contribution in [0.3, 0.4) is 0 Å². The molecule has 0 aliphatic rings. The van der Waals surface area contributed by atoms with E-state index in [0.717, 1.165) is 0 Å². The second kappa shape index (κ2) is 7.23. The number of carbonyl (C=O) groups is 2. The Morgan fingerprint density at radius 2 is 1.93 bits per heavy atom. The highest BCUT2D eigenvalue weighted by Gasteiger charge is 2.23. The Balaban J connectivity index is 4.07. The summed E-state index contributed by atoms with van der Waals surface area (Å²) >= 11 is 0. The molecule has 0 fully saturated rings. The van der Waals surface area contributed by atoms with E-state index in [4.69, 9.17) is 4.74 Å². The summed E-state index contributed by atoms with van der Waals surface area (Å²) in [6.07, 6.45) is 0. The lowest BCUT2D eigenvalue weighted by Gasteiger charge is -2.19. The van der Waals surface area contributed by atoms with Crippen molar-refractivity contribution in [3.63, 3.8) is 0 Å². The largest absolute Gasteiger partial charge is 0.468 e. The Morgan fingerprint density at radius 1 is 1.33 bits per heavy atom. The molecular formula is C10H19NO4. The minimum Gasteiger partial charge on any atom is -0.468 e. The third-order valence-electron chi connectivity index (χ3n) is 1.89. The van der Waals surface area contributed by atoms with Crippen LogP contribution in [0.2, 0.25) is 0 Å². The summed E-state index contributed by atoms with van der Waals surface area (Å²) in [5.74, 6) is -0.673. The van der Waals surface area contributed by atoms with E-state index in [1.807, 2.05) is 13.8 Å². The summed E-state index contributed by atoms with van der Waals surface area (Å²) in [6.45, 7) is 5.84. The summed E-state index contributed by atoms with van der Waals surface area (Å²) in [6, 6.07) is -0.473. The second-order valence-electron chi connectivity index (χ2n) is 3.43. The molecule has 0 heterocycles. The molecule has 15 heavy (non-hydrogen) atoms. The molecule has 0 unspecified atom stereocenters. The van der Waals surface area contributed by atoms with Gasteiger partial charge in [0.2, 0.25) is 0 Å². The van der Waals surface area contributed by atoms with E-state index in [-0.39, 0.29) is 24.4 Å². The van der Waals surface area contributed by atoms with Crippen molar-refractivity contribution < 1.29 is 19.1 Å². The molecule has 5 heteroatoms. The maximum absolute atomic E-state index is 11.3. The van der Waals surface area contributed by atoms with Gasteiger partial charge in [0.25, 0.3) is 0 Å². The van der Waals surface area contributed by atoms with Crippen LogP contribution in [0.25, 0.3) is 0 Å². The van der Waals surface area contributed by atoms with Crippen LogP contribution in [-0.2, 0) is 19.1 Å². The SMILES string of the molecule is CCOC(=O)CN[C@H](C(=O)OC)C(C)C. The highest BCUT2D eigenvalue weighted by Crippen LogP contribution is 2.02. The van der Waals surface area contributed by atoms with Gasteiger partial charge < -0.3 is 9.47 Å². The summed E-state index contributed by atoms with van der Waals surface area (Å²) < 4.78 is 9.34. The van der Waals surface area contributed by atoms with Gasteiger partial charge in [0, 0.05) is 0 Å². The molecule has 0 spiro atoms. The Labute approximate surface area is 90.1 Å². The third kappa shape index (κ3) is 5.37. The van der Waals surface area contributed by atoms with E-state index in [0.29, 0.717) is 6.61 Å². The van der Waals surface area contributed by atoms with E-state index in [1.165, 1.54) is 7.11 Å². The Kier molecular flexibility index (Phi) is 6.70. The van der Waals surface area contributed by atoms with Crippen molar-refractivity contribution in [1.82, 2.24) is 5.32 Å². The zero-order chi connectivity index (χ0) is 11.8. The molecule has 0 saturated heterocycles. The lowest BCUT2D eigenvalue weighted by Crippen LogP contribution is -2.44. The molecule has 1 N–H and O–H groups in total. The topological polar surface area (TPSA) is 64.6 Å². The lowest BCUT2D eigenvalue weighted by molar-refractivity contribution is -0.145. The van der Waals surface area contributed by atoms with Crippen molar-refractivity contribution in [2.24, 2.45) is 5.92 Å². The van der Waals surface area contributed by atoms with E-state index >= 15 is 0 Å². The minimum absolute atomic E-state index is 0.0196. The van der Waals surface area contributed by atoms with Crippen LogP contribution in [0.15, 0.2) is 0 Å². The molecular weight excluding hydrogens is 198 g/mol. The Morgan fingerprint density at radius 3 is 2.33 bits per heavy atom. The fourth-order valence-corrected chi connectivity index (χ4v) is 1.12. The number of carbonyl (C=O) groups excluding carboxylic acids is 2. The molecule has 0 radical (unpaired) electrons. The normalized spacial score (nSPS) is 12.3. The van der Waals surface area contributed by atoms with Gasteiger partial charge >= 0.3 is 11.9 Å². The van der Waals surface area contributed by atoms with E-state index in [1.54, 1.807) is 6.92 Å². The predicted octanol–water partition coefficient (Wildman–Crippen LogP) is 0.337. The van der Waals surface area contributed by atoms with Crippen molar-refractivity contribution in [2.75, 3.05) is 20.3 Å². The molecule has 0 rings (SSSR count). The first-order valence-electron chi connectivity index (χ1n) is 4.99. The van der Waals surface area contributed by atoms with Crippen LogP contribution in [0, 0.1) is 5.92 Å². The predicted molar refractivity (Wildman–Crippen MR) is 55.3 cm³/mol. The standard InChI is InChI=1S/C10H19NO4/c1-5-15-8(12)6-11-9(7(2)3)10(13)14-4/h7,9,11H,5-6H2,1-4H3/t9-/m0/s1. The highest BCUT2D eigenvalue weighted by molar-refractivity contribution is 5.77. The van der Waals surface area contributed by atoms with Gasteiger partial charge in [-0.15, -0.1) is 0 Å². The maximum atomic E-state index is 11.3. The molecule has 1 atom stereocenters. The van der Waals surface area contributed by atoms with Crippen LogP contribution in [0.4, 0.5) is 0 Å². The highest BCUT2D eigenvalue weighted by atomic mass is 16.5. The van der Waals surface area contributed by atoms with Gasteiger partial charge in [-0.1, -0.05) is 13.8 Å². The van der Waals surface area contributed by atoms with Crippen LogP contribution < -0.4 is 5.32 Å². The fourth-order valence-electron chi connectivity index (χ4n) is 1.12. The van der Waals surface area contributed by atoms with E-state index in [2.05, 4.69) is 10.1 Å². The first kappa shape index (κ1) is 13.9. The molecule has 88 valence electrons. The van der Waals surface area contributed by atoms with Gasteiger partial charge in [-0.2, -0.15) is 0 Å². The van der Waals surface area contributed by atoms with Gasteiger partial charge in [0.1, 0.15) is 6.04 Å². The van der Waals surface area contributed by atoms with Crippen LogP contribution in [0.1, 0.15) is 20.8 Å². The van der Waals surface area contributed by atoms with Crippen molar-refractivity contribution in [3.05, 3.63) is 0 Å². The Bertz CT molecular complexity index is 215. The lowest BCUT2D eigenvalue weighted by atomic mass is 10.1. The van der Waals surface area contributed by atoms with E-state index < -0.39 is 6.04 Å². The number of hydrogen-bond acceptors (Lipinski definition) is 5. The van der Waals surface area contributed by atoms with Gasteiger partial charge in [-0.05, 0) is 12.8 Å². The van der Waals surface area contributed by atoms with Gasteiger partial charge in [0.15, 0.2) is 0 Å². The first-order valence-corrected chi connectivity index (χ1v) is 4.99. The zero-order valence-electron chi connectivity index (χ0n) is 9.70. The monoisotopic (exact) mass is 217 g/mol. The van der Waals surface area contributed by atoms with Crippen LogP contribution in [0.5, 0.6) is 0 Å². The molecule has 0 aliphatic heterocycles. The number of esters is 2. The molecule has 0 aromatic carbocycles. The molecule has 0 saturated carbocycles. The van der Waals surface area contributed by atoms with Gasteiger partial charge in [0.05, 0.1) is 20.3 Å². The Hall–Kier alpha value is -1.10. The number of hydrogen-bond donors (Lipinski definition) is 1. The summed E-state index contributed by atoms with van der Waals surface area (Å²) in [7, 11) is 1.32. The smallest absolute Gasteiger partial charge is 0.323 e. The van der Waals surface area contributed by atoms with Crippen molar-refractivity contribution in [3.8, 4) is 0 Å². The molecule has 5 nitrogen and oxygen atoms in total. The summed E-state index contributed by atoms with van der Waals surface area (Å²) in [5.41, 5.74) is 0. The van der Waals surface area contributed by atoms with E-state index in [9.17, 15) is 9.59 Å². The van der Waals surface area contributed by atoms with Crippen molar-refractivity contribution >= 4 is 11.9 Å². The average molecular weight is 217 g/mol. The number of ether oxygens (including phenoxy) is 2. The van der Waals surface area contributed by atoms with Gasteiger partial charge in [-0.25, -0.2) is 0 Å². The third-order valence-corrected chi connectivity index (χ3v) is 1.89. The van der Waals surface area contributed by atoms with Crippen molar-refractivity contribution in [2.45, 2.75) is 26.8 Å². The number of rotatable bonds is 6. The van der Waals surface area contributed by atoms with Gasteiger partial charge in [-0.3, -0.25) is 14.9 Å². The van der Waals surface area contributed by atoms with Crippen LogP contribution >= 0.6 is 0 Å². The molecule has 0 aromatic rings. The molecule has 0 aliphatic carbocycles. The van der Waals surface area contributed by atoms with Crippen molar-refractivity contribution in [1.29, 1.82) is 0 Å². The molecule has 0 bridgehead atoms.